The van der Waals surface area contributed by atoms with Gasteiger partial charge >= 0.3 is 0 Å². The first-order valence-corrected chi connectivity index (χ1v) is 6.58. The van der Waals surface area contributed by atoms with Gasteiger partial charge in [0.15, 0.2) is 0 Å². The van der Waals surface area contributed by atoms with Crippen LogP contribution in [-0.2, 0) is 0 Å². The van der Waals surface area contributed by atoms with E-state index in [0.717, 1.165) is 12.8 Å². The Morgan fingerprint density at radius 2 is 1.84 bits per heavy atom. The van der Waals surface area contributed by atoms with E-state index in [9.17, 15) is 5.11 Å². The summed E-state index contributed by atoms with van der Waals surface area (Å²) in [7, 11) is 3.66. The van der Waals surface area contributed by atoms with Crippen LogP contribution >= 0.6 is 0 Å². The summed E-state index contributed by atoms with van der Waals surface area (Å²) in [5, 5.41) is 13.1. The first-order chi connectivity index (χ1) is 8.97. The molecule has 1 aromatic heterocycles. The molecule has 0 aromatic carbocycles. The maximum atomic E-state index is 10.0. The van der Waals surface area contributed by atoms with E-state index in [-0.39, 0.29) is 11.9 Å². The van der Waals surface area contributed by atoms with Gasteiger partial charge in [0.05, 0.1) is 6.10 Å². The van der Waals surface area contributed by atoms with E-state index in [1.165, 1.54) is 0 Å². The molecule has 19 heavy (non-hydrogen) atoms. The summed E-state index contributed by atoms with van der Waals surface area (Å²) in [6.45, 7) is 4.55. The third-order valence-electron chi connectivity index (χ3n) is 3.10. The minimum Gasteiger partial charge on any atom is -0.391 e. The lowest BCUT2D eigenvalue weighted by Gasteiger charge is -2.20. The second kappa shape index (κ2) is 7.08. The van der Waals surface area contributed by atoms with Crippen molar-refractivity contribution in [3.63, 3.8) is 0 Å². The van der Waals surface area contributed by atoms with Gasteiger partial charge in [0, 0.05) is 20.6 Å². The highest BCUT2D eigenvalue weighted by Crippen LogP contribution is 2.14. The first kappa shape index (κ1) is 15.4. The summed E-state index contributed by atoms with van der Waals surface area (Å²) in [5.74, 6) is 1.33. The molecule has 0 aliphatic carbocycles. The molecule has 0 aliphatic heterocycles. The molecule has 1 unspecified atom stereocenters. The van der Waals surface area contributed by atoms with E-state index in [1.807, 2.05) is 14.1 Å². The third kappa shape index (κ3) is 4.51. The predicted molar refractivity (Wildman–Crippen MR) is 77.1 cm³/mol. The minimum absolute atomic E-state index is 0.165. The molecule has 0 saturated heterocycles. The number of aliphatic hydroxyl groups excluding tert-OH is 1. The summed E-state index contributed by atoms with van der Waals surface area (Å²) >= 11 is 0. The van der Waals surface area contributed by atoms with Crippen molar-refractivity contribution in [3.05, 3.63) is 0 Å². The second-order valence-electron chi connectivity index (χ2n) is 4.74. The number of nitrogens with one attached hydrogen (secondary N) is 1. The molecule has 108 valence electrons. The standard InChI is InChI=1S/C12H24N6O/c1-5-8(6-2)9(19)7-14-11-15-10(13)16-12(17-11)18(3)4/h8-9,19H,5-7H2,1-4H3,(H3,13,14,15,16,17). The highest BCUT2D eigenvalue weighted by Gasteiger charge is 2.16. The fourth-order valence-corrected chi connectivity index (χ4v) is 1.86. The largest absolute Gasteiger partial charge is 0.391 e. The monoisotopic (exact) mass is 268 g/mol. The molecule has 0 saturated carbocycles. The number of anilines is 3. The maximum absolute atomic E-state index is 10.0. The lowest BCUT2D eigenvalue weighted by Crippen LogP contribution is -2.28. The van der Waals surface area contributed by atoms with Crippen molar-refractivity contribution >= 4 is 17.8 Å². The van der Waals surface area contributed by atoms with Crippen LogP contribution in [0.15, 0.2) is 0 Å². The van der Waals surface area contributed by atoms with Crippen molar-refractivity contribution in [1.29, 1.82) is 0 Å². The van der Waals surface area contributed by atoms with Crippen LogP contribution in [0.1, 0.15) is 26.7 Å². The van der Waals surface area contributed by atoms with Gasteiger partial charge in [-0.05, 0) is 5.92 Å². The number of hydrogen-bond acceptors (Lipinski definition) is 7. The number of nitrogen functional groups attached to an aromatic ring is 1. The summed E-state index contributed by atoms with van der Waals surface area (Å²) < 4.78 is 0. The van der Waals surface area contributed by atoms with Crippen molar-refractivity contribution in [1.82, 2.24) is 15.0 Å². The number of nitrogens with zero attached hydrogens (tertiary/aromatic N) is 4. The van der Waals surface area contributed by atoms with Gasteiger partial charge in [-0.3, -0.25) is 0 Å². The molecule has 0 fully saturated rings. The van der Waals surface area contributed by atoms with Crippen LogP contribution in [0, 0.1) is 5.92 Å². The molecule has 7 nitrogen and oxygen atoms in total. The molecule has 4 N–H and O–H groups in total. The van der Waals surface area contributed by atoms with Gasteiger partial charge in [-0.2, -0.15) is 15.0 Å². The Balaban J connectivity index is 2.67. The molecule has 0 radical (unpaired) electrons. The molecule has 1 atom stereocenters. The molecule has 0 aliphatic rings. The highest BCUT2D eigenvalue weighted by molar-refractivity contribution is 5.40. The van der Waals surface area contributed by atoms with Crippen molar-refractivity contribution in [2.45, 2.75) is 32.8 Å². The normalized spacial score (nSPS) is 12.5. The topological polar surface area (TPSA) is 100 Å². The Hall–Kier alpha value is -1.63. The zero-order valence-corrected chi connectivity index (χ0v) is 12.1. The lowest BCUT2D eigenvalue weighted by molar-refractivity contribution is 0.114. The van der Waals surface area contributed by atoms with Gasteiger partial charge in [0.1, 0.15) is 0 Å². The Labute approximate surface area is 114 Å². The smallest absolute Gasteiger partial charge is 0.231 e. The van der Waals surface area contributed by atoms with Gasteiger partial charge in [-0.1, -0.05) is 26.7 Å². The van der Waals surface area contributed by atoms with Crippen LogP contribution in [0.4, 0.5) is 17.8 Å². The number of nitrogens with two attached hydrogens (primary N) is 1. The molecule has 1 rings (SSSR count). The van der Waals surface area contributed by atoms with Crippen LogP contribution in [0.3, 0.4) is 0 Å². The van der Waals surface area contributed by atoms with Crippen molar-refractivity contribution in [2.75, 3.05) is 36.6 Å². The van der Waals surface area contributed by atoms with Gasteiger partial charge in [0.25, 0.3) is 0 Å². The fourth-order valence-electron chi connectivity index (χ4n) is 1.86. The van der Waals surface area contributed by atoms with Gasteiger partial charge < -0.3 is 21.1 Å². The number of aromatic nitrogens is 3. The lowest BCUT2D eigenvalue weighted by atomic mass is 9.97. The van der Waals surface area contributed by atoms with Crippen LogP contribution in [-0.4, -0.2) is 46.8 Å². The molecule has 0 amide bonds. The van der Waals surface area contributed by atoms with Crippen LogP contribution in [0.25, 0.3) is 0 Å². The zero-order chi connectivity index (χ0) is 14.4. The first-order valence-electron chi connectivity index (χ1n) is 6.58. The number of aliphatic hydroxyl groups is 1. The number of hydrogen-bond donors (Lipinski definition) is 3. The predicted octanol–water partition coefficient (Wildman–Crippen LogP) is 0.729. The number of rotatable bonds is 7. The van der Waals surface area contributed by atoms with E-state index < -0.39 is 6.10 Å². The van der Waals surface area contributed by atoms with Gasteiger partial charge in [0.2, 0.25) is 17.8 Å². The van der Waals surface area contributed by atoms with E-state index in [1.54, 1.807) is 4.90 Å². The van der Waals surface area contributed by atoms with E-state index >= 15 is 0 Å². The Kier molecular flexibility index (Phi) is 5.75. The molecule has 1 aromatic rings. The van der Waals surface area contributed by atoms with E-state index in [0.29, 0.717) is 18.4 Å². The molecule has 7 heteroatoms. The average molecular weight is 268 g/mol. The van der Waals surface area contributed by atoms with Gasteiger partial charge in [-0.25, -0.2) is 0 Å². The maximum Gasteiger partial charge on any atom is 0.231 e. The van der Waals surface area contributed by atoms with Crippen molar-refractivity contribution < 1.29 is 5.11 Å². The van der Waals surface area contributed by atoms with E-state index in [2.05, 4.69) is 34.1 Å². The summed E-state index contributed by atoms with van der Waals surface area (Å²) in [5.41, 5.74) is 5.62. The average Bonchev–Trinajstić information content (AvgIpc) is 2.37. The molecule has 1 heterocycles. The quantitative estimate of drug-likeness (QED) is 0.670. The highest BCUT2D eigenvalue weighted by atomic mass is 16.3. The van der Waals surface area contributed by atoms with Crippen molar-refractivity contribution in [2.24, 2.45) is 5.92 Å². The second-order valence-corrected chi connectivity index (χ2v) is 4.74. The van der Waals surface area contributed by atoms with Crippen LogP contribution in [0.2, 0.25) is 0 Å². The third-order valence-corrected chi connectivity index (χ3v) is 3.10. The minimum atomic E-state index is -0.421. The Morgan fingerprint density at radius 1 is 1.21 bits per heavy atom. The molecule has 0 spiro atoms. The molecular weight excluding hydrogens is 244 g/mol. The van der Waals surface area contributed by atoms with E-state index in [4.69, 9.17) is 5.73 Å². The summed E-state index contributed by atoms with van der Waals surface area (Å²) in [4.78, 5) is 14.0. The van der Waals surface area contributed by atoms with Crippen LogP contribution < -0.4 is 16.0 Å². The van der Waals surface area contributed by atoms with Gasteiger partial charge in [-0.15, -0.1) is 0 Å². The fraction of sp³-hybridized carbons (Fsp3) is 0.750. The Morgan fingerprint density at radius 3 is 2.37 bits per heavy atom. The Bertz CT molecular complexity index is 394. The van der Waals surface area contributed by atoms with Crippen molar-refractivity contribution in [3.8, 4) is 0 Å². The molecular formula is C12H24N6O. The summed E-state index contributed by atoms with van der Waals surface area (Å²) in [6.07, 6.45) is 1.47. The molecule has 0 bridgehead atoms. The zero-order valence-electron chi connectivity index (χ0n) is 12.1. The van der Waals surface area contributed by atoms with Crippen LogP contribution in [0.5, 0.6) is 0 Å². The summed E-state index contributed by atoms with van der Waals surface area (Å²) in [6, 6.07) is 0. The SMILES string of the molecule is CCC(CC)C(O)CNc1nc(N)nc(N(C)C)n1.